The first-order valence-corrected chi connectivity index (χ1v) is 8.64. The Bertz CT molecular complexity index is 1020. The lowest BCUT2D eigenvalue weighted by molar-refractivity contribution is -0.384. The molecule has 0 aliphatic carbocycles. The van der Waals surface area contributed by atoms with Gasteiger partial charge in [0.1, 0.15) is 5.82 Å². The van der Waals surface area contributed by atoms with Crippen LogP contribution in [0.3, 0.4) is 0 Å². The molecule has 1 aromatic heterocycles. The second kappa shape index (κ2) is 8.02. The zero-order valence-corrected chi connectivity index (χ0v) is 15.0. The summed E-state index contributed by atoms with van der Waals surface area (Å²) < 4.78 is 12.9. The second-order valence-corrected chi connectivity index (χ2v) is 6.60. The Morgan fingerprint density at radius 2 is 1.74 bits per heavy atom. The van der Waals surface area contributed by atoms with Crippen molar-refractivity contribution in [2.75, 3.05) is 5.32 Å². The highest BCUT2D eigenvalue weighted by atomic mass is 35.5. The third-order valence-electron chi connectivity index (χ3n) is 3.32. The predicted molar refractivity (Wildman–Crippen MR) is 101 cm³/mol. The van der Waals surface area contributed by atoms with Crippen LogP contribution < -0.4 is 5.32 Å². The highest BCUT2D eigenvalue weighted by Gasteiger charge is 2.15. The van der Waals surface area contributed by atoms with E-state index in [2.05, 4.69) is 15.5 Å². The van der Waals surface area contributed by atoms with Crippen molar-refractivity contribution in [2.45, 2.75) is 0 Å². The molecule has 0 radical (unpaired) electrons. The fraction of sp³-hybridized carbons (Fsp3) is 0. The summed E-state index contributed by atoms with van der Waals surface area (Å²) in [7, 11) is 0. The van der Waals surface area contributed by atoms with Crippen molar-refractivity contribution in [3.05, 3.63) is 80.0 Å². The maximum absolute atomic E-state index is 12.9. The number of carbonyl (C=O) groups excluding carboxylic acids is 1. The first kappa shape index (κ1) is 18.6. The number of amides is 1. The van der Waals surface area contributed by atoms with Gasteiger partial charge in [0.05, 0.1) is 9.96 Å². The zero-order valence-electron chi connectivity index (χ0n) is 13.4. The third kappa shape index (κ3) is 4.72. The number of hydrogen-bond acceptors (Lipinski definition) is 6. The van der Waals surface area contributed by atoms with Crippen LogP contribution in [-0.4, -0.2) is 21.0 Å². The van der Waals surface area contributed by atoms with Gasteiger partial charge in [0.2, 0.25) is 5.01 Å². The van der Waals surface area contributed by atoms with Gasteiger partial charge in [-0.05, 0) is 48.0 Å². The van der Waals surface area contributed by atoms with Gasteiger partial charge in [0.25, 0.3) is 11.6 Å². The fourth-order valence-electron chi connectivity index (χ4n) is 2.03. The minimum atomic E-state index is -0.495. The summed E-state index contributed by atoms with van der Waals surface area (Å²) in [5, 5.41) is 21.6. The third-order valence-corrected chi connectivity index (χ3v) is 4.68. The molecule has 0 saturated heterocycles. The molecule has 136 valence electrons. The molecule has 0 aliphatic heterocycles. The van der Waals surface area contributed by atoms with Crippen molar-refractivity contribution in [2.24, 2.45) is 0 Å². The molecule has 3 aromatic rings. The van der Waals surface area contributed by atoms with Crippen molar-refractivity contribution in [1.29, 1.82) is 0 Å². The van der Waals surface area contributed by atoms with Gasteiger partial charge in [-0.2, -0.15) is 0 Å². The first-order chi connectivity index (χ1) is 12.9. The molecule has 27 heavy (non-hydrogen) atoms. The van der Waals surface area contributed by atoms with Crippen LogP contribution >= 0.6 is 22.9 Å². The molecular weight excluding hydrogens is 395 g/mol. The molecule has 10 heteroatoms. The standard InChI is InChI=1S/C17H10ClFN4O3S/c18-14(9-10-1-7-13(8-2-10)23(25)26)16-21-22-17(27-16)15(24)20-12-5-3-11(19)4-6-12/h1-9H,(H,20,24). The smallest absolute Gasteiger partial charge is 0.286 e. The summed E-state index contributed by atoms with van der Waals surface area (Å²) in [6, 6.07) is 11.1. The second-order valence-electron chi connectivity index (χ2n) is 5.21. The Hall–Kier alpha value is -3.17. The average Bonchev–Trinajstić information content (AvgIpc) is 3.14. The molecule has 1 N–H and O–H groups in total. The monoisotopic (exact) mass is 404 g/mol. The molecule has 0 aliphatic rings. The Morgan fingerprint density at radius 1 is 1.11 bits per heavy atom. The number of carbonyl (C=O) groups is 1. The summed E-state index contributed by atoms with van der Waals surface area (Å²) in [5.41, 5.74) is 1.03. The van der Waals surface area contributed by atoms with Crippen molar-refractivity contribution in [3.63, 3.8) is 0 Å². The van der Waals surface area contributed by atoms with Crippen LogP contribution in [0.15, 0.2) is 48.5 Å². The highest BCUT2D eigenvalue weighted by Crippen LogP contribution is 2.26. The van der Waals surface area contributed by atoms with Crippen LogP contribution in [0, 0.1) is 15.9 Å². The number of anilines is 1. The van der Waals surface area contributed by atoms with Gasteiger partial charge in [-0.25, -0.2) is 4.39 Å². The van der Waals surface area contributed by atoms with E-state index in [1.54, 1.807) is 18.2 Å². The summed E-state index contributed by atoms with van der Waals surface area (Å²) in [5.74, 6) is -0.903. The molecule has 7 nitrogen and oxygen atoms in total. The number of nitrogens with zero attached hydrogens (tertiary/aromatic N) is 3. The Morgan fingerprint density at radius 3 is 2.37 bits per heavy atom. The number of halogens is 2. The largest absolute Gasteiger partial charge is 0.320 e. The Labute approximate surface area is 161 Å². The minimum Gasteiger partial charge on any atom is -0.320 e. The number of non-ortho nitro benzene ring substituents is 1. The molecule has 0 unspecified atom stereocenters. The van der Waals surface area contributed by atoms with Gasteiger partial charge in [-0.3, -0.25) is 14.9 Å². The molecule has 3 rings (SSSR count). The van der Waals surface area contributed by atoms with E-state index < -0.39 is 16.6 Å². The number of rotatable bonds is 5. The van der Waals surface area contributed by atoms with Crippen molar-refractivity contribution in [1.82, 2.24) is 10.2 Å². The molecule has 0 bridgehead atoms. The van der Waals surface area contributed by atoms with E-state index in [1.165, 1.54) is 36.4 Å². The summed E-state index contributed by atoms with van der Waals surface area (Å²) >= 11 is 7.18. The topological polar surface area (TPSA) is 98.0 Å². The number of nitro groups is 1. The van der Waals surface area contributed by atoms with E-state index in [0.717, 1.165) is 11.3 Å². The normalized spacial score (nSPS) is 11.3. The predicted octanol–water partition coefficient (Wildman–Crippen LogP) is 4.57. The summed E-state index contributed by atoms with van der Waals surface area (Å²) in [6.07, 6.45) is 1.56. The van der Waals surface area contributed by atoms with Crippen LogP contribution in [0.4, 0.5) is 15.8 Å². The number of hydrogen-bond donors (Lipinski definition) is 1. The highest BCUT2D eigenvalue weighted by molar-refractivity contribution is 7.15. The van der Waals surface area contributed by atoms with E-state index in [0.29, 0.717) is 16.3 Å². The molecule has 1 amide bonds. The molecule has 0 atom stereocenters. The van der Waals surface area contributed by atoms with Gasteiger partial charge >= 0.3 is 0 Å². The maximum Gasteiger partial charge on any atom is 0.286 e. The maximum atomic E-state index is 12.9. The van der Waals surface area contributed by atoms with Gasteiger partial charge in [-0.15, -0.1) is 10.2 Å². The van der Waals surface area contributed by atoms with Gasteiger partial charge in [0, 0.05) is 17.8 Å². The summed E-state index contributed by atoms with van der Waals surface area (Å²) in [4.78, 5) is 22.3. The van der Waals surface area contributed by atoms with E-state index >= 15 is 0 Å². The van der Waals surface area contributed by atoms with Crippen LogP contribution in [0.1, 0.15) is 20.4 Å². The van der Waals surface area contributed by atoms with Gasteiger partial charge in [0.15, 0.2) is 5.01 Å². The lowest BCUT2D eigenvalue weighted by Gasteiger charge is -2.01. The quantitative estimate of drug-likeness (QED) is 0.496. The van der Waals surface area contributed by atoms with Crippen LogP contribution in [-0.2, 0) is 0 Å². The number of benzene rings is 2. The first-order valence-electron chi connectivity index (χ1n) is 7.45. The molecule has 1 heterocycles. The van der Waals surface area contributed by atoms with Crippen LogP contribution in [0.25, 0.3) is 11.1 Å². The van der Waals surface area contributed by atoms with Crippen molar-refractivity contribution >= 4 is 51.3 Å². The van der Waals surface area contributed by atoms with Crippen molar-refractivity contribution < 1.29 is 14.1 Å². The molecule has 0 fully saturated rings. The van der Waals surface area contributed by atoms with E-state index in [4.69, 9.17) is 11.6 Å². The van der Waals surface area contributed by atoms with Gasteiger partial charge in [-0.1, -0.05) is 22.9 Å². The SMILES string of the molecule is O=C(Nc1ccc(F)cc1)c1nnc(C(Cl)=Cc2ccc([N+](=O)[O-])cc2)s1. The number of nitro benzene ring substituents is 1. The average molecular weight is 405 g/mol. The lowest BCUT2D eigenvalue weighted by atomic mass is 10.2. The number of aromatic nitrogens is 2. The van der Waals surface area contributed by atoms with Crippen LogP contribution in [0.5, 0.6) is 0 Å². The number of nitrogens with one attached hydrogen (secondary N) is 1. The lowest BCUT2D eigenvalue weighted by Crippen LogP contribution is -2.11. The molecular formula is C17H10ClFN4O3S. The Balaban J connectivity index is 1.72. The molecule has 0 saturated carbocycles. The van der Waals surface area contributed by atoms with Crippen LogP contribution in [0.2, 0.25) is 0 Å². The van der Waals surface area contributed by atoms with Gasteiger partial charge < -0.3 is 5.32 Å². The molecule has 0 spiro atoms. The van der Waals surface area contributed by atoms with E-state index in [-0.39, 0.29) is 15.7 Å². The van der Waals surface area contributed by atoms with Crippen molar-refractivity contribution in [3.8, 4) is 0 Å². The van der Waals surface area contributed by atoms with E-state index in [1.807, 2.05) is 0 Å². The summed E-state index contributed by atoms with van der Waals surface area (Å²) in [6.45, 7) is 0. The minimum absolute atomic E-state index is 0.0288. The Kier molecular flexibility index (Phi) is 5.53. The fourth-order valence-corrected chi connectivity index (χ4v) is 2.96. The van der Waals surface area contributed by atoms with E-state index in [9.17, 15) is 19.3 Å². The molecule has 2 aromatic carbocycles. The zero-order chi connectivity index (χ0) is 19.4.